The van der Waals surface area contributed by atoms with E-state index in [0.29, 0.717) is 11.1 Å². The number of Topliss-reactive ketones (excluding diaryl/α,β-unsaturated/α-hetero) is 1. The summed E-state index contributed by atoms with van der Waals surface area (Å²) in [6.07, 6.45) is -4.88. The Kier molecular flexibility index (Phi) is 3.44. The van der Waals surface area contributed by atoms with Gasteiger partial charge in [-0.05, 0) is 30.2 Å². The van der Waals surface area contributed by atoms with E-state index in [9.17, 15) is 23.1 Å². The molecule has 0 saturated heterocycles. The fourth-order valence-corrected chi connectivity index (χ4v) is 2.82. The van der Waals surface area contributed by atoms with E-state index in [1.807, 2.05) is 0 Å². The van der Waals surface area contributed by atoms with Crippen molar-refractivity contribution in [2.75, 3.05) is 6.61 Å². The summed E-state index contributed by atoms with van der Waals surface area (Å²) in [6.45, 7) is 1.07. The number of alkyl halides is 3. The Labute approximate surface area is 130 Å². The molecule has 1 atom stereocenters. The van der Waals surface area contributed by atoms with Crippen molar-refractivity contribution in [3.63, 3.8) is 0 Å². The normalized spacial score (nSPS) is 19.2. The lowest BCUT2D eigenvalue weighted by atomic mass is 9.91. The molecule has 3 nitrogen and oxygen atoms in total. The van der Waals surface area contributed by atoms with E-state index in [0.717, 1.165) is 6.07 Å². The number of halogens is 3. The first kappa shape index (κ1) is 15.6. The number of carbonyl (C=O) groups is 1. The van der Waals surface area contributed by atoms with Gasteiger partial charge in [-0.15, -0.1) is 0 Å². The lowest BCUT2D eigenvalue weighted by molar-refractivity contribution is -0.246. The average Bonchev–Trinajstić information content (AvgIpc) is 2.76. The lowest BCUT2D eigenvalue weighted by Crippen LogP contribution is -2.41. The second kappa shape index (κ2) is 5.09. The predicted molar refractivity (Wildman–Crippen MR) is 77.1 cm³/mol. The molecule has 1 aliphatic carbocycles. The van der Waals surface area contributed by atoms with E-state index in [2.05, 4.69) is 0 Å². The molecule has 2 aromatic carbocycles. The molecule has 3 rings (SSSR count). The molecule has 1 unspecified atom stereocenters. The first-order valence-electron chi connectivity index (χ1n) is 6.91. The Balaban J connectivity index is 2.17. The molecule has 0 fully saturated rings. The number of hydrogen-bond donors (Lipinski definition) is 1. The monoisotopic (exact) mass is 322 g/mol. The molecule has 120 valence electrons. The van der Waals surface area contributed by atoms with Crippen molar-refractivity contribution >= 4 is 5.78 Å². The van der Waals surface area contributed by atoms with Crippen molar-refractivity contribution < 1.29 is 27.8 Å². The molecule has 0 radical (unpaired) electrons. The molecule has 0 aromatic heterocycles. The molecule has 0 aliphatic heterocycles. The van der Waals surface area contributed by atoms with Gasteiger partial charge in [0.15, 0.2) is 5.78 Å². The van der Waals surface area contributed by atoms with Crippen molar-refractivity contribution in [1.29, 1.82) is 0 Å². The third-order valence-electron chi connectivity index (χ3n) is 3.84. The van der Waals surface area contributed by atoms with Crippen LogP contribution in [-0.4, -0.2) is 23.7 Å². The standard InChI is InChI=1S/C17H13F3O3/c1-10(21)9-23-11-6-7-13-12-4-2-3-5-14(12)16(22,15(13)8-11)17(18,19)20/h2-8,22H,9H2,1H3. The first-order chi connectivity index (χ1) is 10.7. The van der Waals surface area contributed by atoms with E-state index >= 15 is 0 Å². The van der Waals surface area contributed by atoms with Crippen LogP contribution >= 0.6 is 0 Å². The van der Waals surface area contributed by atoms with Crippen molar-refractivity contribution in [3.05, 3.63) is 53.6 Å². The molecule has 1 aliphatic rings. The van der Waals surface area contributed by atoms with Crippen molar-refractivity contribution in [3.8, 4) is 16.9 Å². The highest BCUT2D eigenvalue weighted by Crippen LogP contribution is 2.55. The van der Waals surface area contributed by atoms with Crippen molar-refractivity contribution in [2.24, 2.45) is 0 Å². The van der Waals surface area contributed by atoms with Crippen LogP contribution in [0.1, 0.15) is 18.1 Å². The zero-order valence-electron chi connectivity index (χ0n) is 12.1. The van der Waals surface area contributed by atoms with E-state index in [1.165, 1.54) is 37.3 Å². The Bertz CT molecular complexity index is 783. The zero-order valence-corrected chi connectivity index (χ0v) is 12.1. The van der Waals surface area contributed by atoms with Crippen molar-refractivity contribution in [2.45, 2.75) is 18.7 Å². The quantitative estimate of drug-likeness (QED) is 0.942. The number of hydrogen-bond acceptors (Lipinski definition) is 3. The van der Waals surface area contributed by atoms with Crippen LogP contribution in [-0.2, 0) is 10.4 Å². The maximum atomic E-state index is 13.6. The fourth-order valence-electron chi connectivity index (χ4n) is 2.82. The number of aliphatic hydroxyl groups is 1. The summed E-state index contributed by atoms with van der Waals surface area (Å²) in [7, 11) is 0. The second-order valence-electron chi connectivity index (χ2n) is 5.45. The minimum atomic E-state index is -4.88. The van der Waals surface area contributed by atoms with Gasteiger partial charge in [0.1, 0.15) is 12.4 Å². The molecule has 1 N–H and O–H groups in total. The van der Waals surface area contributed by atoms with E-state index in [1.54, 1.807) is 6.07 Å². The SMILES string of the molecule is CC(=O)COc1ccc2c(c1)C(O)(C(F)(F)F)c1ccccc1-2. The third-order valence-corrected chi connectivity index (χ3v) is 3.84. The molecule has 6 heteroatoms. The molecule has 0 heterocycles. The zero-order chi connectivity index (χ0) is 16.8. The molecule has 0 spiro atoms. The summed E-state index contributed by atoms with van der Waals surface area (Å²) in [5.74, 6) is -0.144. The van der Waals surface area contributed by atoms with Crippen LogP contribution in [0.15, 0.2) is 42.5 Å². The number of rotatable bonds is 3. The fraction of sp³-hybridized carbons (Fsp3) is 0.235. The molecule has 2 aromatic rings. The second-order valence-corrected chi connectivity index (χ2v) is 5.45. The van der Waals surface area contributed by atoms with Crippen LogP contribution in [0.25, 0.3) is 11.1 Å². The maximum absolute atomic E-state index is 13.6. The van der Waals surface area contributed by atoms with Crippen LogP contribution in [0.2, 0.25) is 0 Å². The largest absolute Gasteiger partial charge is 0.486 e. The predicted octanol–water partition coefficient (Wildman–Crippen LogP) is 3.43. The van der Waals surface area contributed by atoms with E-state index in [4.69, 9.17) is 4.74 Å². The van der Waals surface area contributed by atoms with Crippen LogP contribution in [0.4, 0.5) is 13.2 Å². The smallest absolute Gasteiger partial charge is 0.425 e. The minimum Gasteiger partial charge on any atom is -0.486 e. The average molecular weight is 322 g/mol. The Morgan fingerprint density at radius 3 is 2.43 bits per heavy atom. The Morgan fingerprint density at radius 1 is 1.13 bits per heavy atom. The van der Waals surface area contributed by atoms with Crippen LogP contribution < -0.4 is 4.74 Å². The van der Waals surface area contributed by atoms with Crippen LogP contribution in [0.3, 0.4) is 0 Å². The van der Waals surface area contributed by atoms with Crippen molar-refractivity contribution in [1.82, 2.24) is 0 Å². The van der Waals surface area contributed by atoms with Gasteiger partial charge < -0.3 is 9.84 Å². The van der Waals surface area contributed by atoms with Gasteiger partial charge in [0, 0.05) is 11.1 Å². The van der Waals surface area contributed by atoms with Gasteiger partial charge in [0.25, 0.3) is 0 Å². The maximum Gasteiger partial charge on any atom is 0.425 e. The lowest BCUT2D eigenvalue weighted by Gasteiger charge is -2.28. The highest BCUT2D eigenvalue weighted by Gasteiger charge is 2.60. The topological polar surface area (TPSA) is 46.5 Å². The van der Waals surface area contributed by atoms with Gasteiger partial charge in [0.2, 0.25) is 5.60 Å². The number of ether oxygens (including phenoxy) is 1. The molecule has 0 saturated carbocycles. The molecule has 0 amide bonds. The molecular formula is C17H13F3O3. The van der Waals surface area contributed by atoms with Crippen LogP contribution in [0, 0.1) is 0 Å². The summed E-state index contributed by atoms with van der Waals surface area (Å²) >= 11 is 0. The van der Waals surface area contributed by atoms with E-state index in [-0.39, 0.29) is 29.3 Å². The molecular weight excluding hydrogens is 309 g/mol. The number of fused-ring (bicyclic) bond motifs is 3. The van der Waals surface area contributed by atoms with Crippen LogP contribution in [0.5, 0.6) is 5.75 Å². The van der Waals surface area contributed by atoms with Gasteiger partial charge in [-0.1, -0.05) is 30.3 Å². The highest BCUT2D eigenvalue weighted by molar-refractivity contribution is 5.81. The van der Waals surface area contributed by atoms with Gasteiger partial charge in [-0.3, -0.25) is 4.79 Å². The number of benzene rings is 2. The number of ketones is 1. The van der Waals surface area contributed by atoms with E-state index < -0.39 is 11.8 Å². The summed E-state index contributed by atoms with van der Waals surface area (Å²) in [6, 6.07) is 9.96. The molecule has 23 heavy (non-hydrogen) atoms. The summed E-state index contributed by atoms with van der Waals surface area (Å²) in [5, 5.41) is 10.5. The van der Waals surface area contributed by atoms with Gasteiger partial charge in [-0.25, -0.2) is 0 Å². The Morgan fingerprint density at radius 2 is 1.78 bits per heavy atom. The van der Waals surface area contributed by atoms with Gasteiger partial charge >= 0.3 is 6.18 Å². The minimum absolute atomic E-state index is 0.106. The highest BCUT2D eigenvalue weighted by atomic mass is 19.4. The van der Waals surface area contributed by atoms with Gasteiger partial charge in [0.05, 0.1) is 0 Å². The first-order valence-corrected chi connectivity index (χ1v) is 6.91. The van der Waals surface area contributed by atoms with Gasteiger partial charge in [-0.2, -0.15) is 13.2 Å². The third kappa shape index (κ3) is 2.30. The summed E-state index contributed by atoms with van der Waals surface area (Å²) < 4.78 is 46.0. The summed E-state index contributed by atoms with van der Waals surface area (Å²) in [4.78, 5) is 11.0. The Hall–Kier alpha value is -2.34. The summed E-state index contributed by atoms with van der Waals surface area (Å²) in [5.41, 5.74) is -2.94. The molecule has 0 bridgehead atoms. The number of carbonyl (C=O) groups excluding carboxylic acids is 1.